The molecule has 2 N–H and O–H groups in total. The van der Waals surface area contributed by atoms with Crippen molar-refractivity contribution in [3.05, 3.63) is 51.2 Å². The summed E-state index contributed by atoms with van der Waals surface area (Å²) in [6.07, 6.45) is 0. The van der Waals surface area contributed by atoms with E-state index in [4.69, 9.17) is 17.3 Å². The zero-order chi connectivity index (χ0) is 15.1. The number of rotatable bonds is 2. The number of anilines is 1. The van der Waals surface area contributed by atoms with Gasteiger partial charge in [-0.25, -0.2) is 9.69 Å². The van der Waals surface area contributed by atoms with Crippen LogP contribution in [0.5, 0.6) is 0 Å². The van der Waals surface area contributed by atoms with Crippen LogP contribution in [0.2, 0.25) is 5.02 Å². The van der Waals surface area contributed by atoms with Crippen LogP contribution in [0.1, 0.15) is 24.0 Å². The van der Waals surface area contributed by atoms with Crippen molar-refractivity contribution in [1.82, 2.24) is 0 Å². The van der Waals surface area contributed by atoms with Crippen LogP contribution in [-0.2, 0) is 4.79 Å². The van der Waals surface area contributed by atoms with E-state index < -0.39 is 17.9 Å². The van der Waals surface area contributed by atoms with Crippen molar-refractivity contribution >= 4 is 69.4 Å². The van der Waals surface area contributed by atoms with Gasteiger partial charge >= 0.3 is 29.1 Å². The molecule has 0 aliphatic carbocycles. The van der Waals surface area contributed by atoms with Crippen molar-refractivity contribution in [2.45, 2.75) is 5.92 Å². The summed E-state index contributed by atoms with van der Waals surface area (Å²) in [7, 11) is 0. The van der Waals surface area contributed by atoms with Crippen LogP contribution < -0.4 is 10.6 Å². The molecule has 1 aromatic heterocycles. The third kappa shape index (κ3) is 2.65. The summed E-state index contributed by atoms with van der Waals surface area (Å²) in [4.78, 5) is 37.7. The number of urea groups is 1. The Morgan fingerprint density at radius 1 is 1.32 bits per heavy atom. The molecule has 1 unspecified atom stereocenters. The van der Waals surface area contributed by atoms with Crippen LogP contribution in [0, 0.1) is 0 Å². The largest absolute Gasteiger partial charge is 2.00 e. The molecule has 22 heavy (non-hydrogen) atoms. The Kier molecular flexibility index (Phi) is 4.91. The molecule has 3 rings (SSSR count). The first-order chi connectivity index (χ1) is 10.0. The number of benzene rings is 1. The number of nitrogens with two attached hydrogens (primary N) is 1. The number of amides is 3. The maximum absolute atomic E-state index is 12.5. The van der Waals surface area contributed by atoms with Gasteiger partial charge in [-0.2, -0.15) is 0 Å². The third-order valence-electron chi connectivity index (χ3n) is 3.26. The molecular weight excluding hydrogens is 336 g/mol. The van der Waals surface area contributed by atoms with Gasteiger partial charge in [-0.3, -0.25) is 9.59 Å². The average Bonchev–Trinajstić information content (AvgIpc) is 3.03. The minimum absolute atomic E-state index is 0. The average molecular weight is 347 g/mol. The molecule has 2 aromatic rings. The summed E-state index contributed by atoms with van der Waals surface area (Å²) in [5.74, 6) is -2.08. The monoisotopic (exact) mass is 346 g/mol. The van der Waals surface area contributed by atoms with Gasteiger partial charge in [-0.05, 0) is 35.2 Å². The number of Topliss-reactive ketones (excluding diaryl/α,β-unsaturated/α-hetero) is 1. The summed E-state index contributed by atoms with van der Waals surface area (Å²) in [6, 6.07) is 7.03. The smallest absolute Gasteiger partial charge is 1.00 e. The number of ketones is 1. The molecule has 1 aliphatic rings. The second kappa shape index (κ2) is 6.37. The van der Waals surface area contributed by atoms with Crippen LogP contribution in [0.4, 0.5) is 10.5 Å². The second-order valence-electron chi connectivity index (χ2n) is 4.49. The molecule has 1 aliphatic heterocycles. The van der Waals surface area contributed by atoms with E-state index >= 15 is 0 Å². The standard InChI is InChI=1S/C14H9ClN2O3S.Mg.2H/c15-7-3-4-9-8(6-7)11(13(19)17(9)14(16)20)12(18)10-2-1-5-21-10;;;/h1-6,11H,(H2,16,20);;;/q;+2;2*-1. The summed E-state index contributed by atoms with van der Waals surface area (Å²) in [5, 5.41) is 2.13. The maximum Gasteiger partial charge on any atom is 2.00 e. The van der Waals surface area contributed by atoms with E-state index in [9.17, 15) is 14.4 Å². The molecule has 8 heteroatoms. The normalized spacial score (nSPS) is 16.1. The van der Waals surface area contributed by atoms with Crippen LogP contribution in [0.15, 0.2) is 35.7 Å². The molecule has 110 valence electrons. The number of carbonyl (C=O) groups excluding carboxylic acids is 3. The Bertz CT molecular complexity index is 773. The molecule has 1 atom stereocenters. The van der Waals surface area contributed by atoms with E-state index in [-0.39, 0.29) is 31.7 Å². The first-order valence-electron chi connectivity index (χ1n) is 6.01. The number of carbonyl (C=O) groups is 3. The number of thiophene rings is 1. The molecule has 0 radical (unpaired) electrons. The molecule has 3 amide bonds. The number of nitrogens with zero attached hydrogens (tertiary/aromatic N) is 1. The van der Waals surface area contributed by atoms with E-state index in [2.05, 4.69) is 0 Å². The van der Waals surface area contributed by atoms with Gasteiger partial charge < -0.3 is 8.59 Å². The summed E-state index contributed by atoms with van der Waals surface area (Å²) in [6.45, 7) is 0. The van der Waals surface area contributed by atoms with Gasteiger partial charge in [0.1, 0.15) is 5.92 Å². The molecule has 0 spiro atoms. The van der Waals surface area contributed by atoms with Gasteiger partial charge in [0.25, 0.3) is 5.91 Å². The summed E-state index contributed by atoms with van der Waals surface area (Å²) >= 11 is 7.18. The van der Waals surface area contributed by atoms with E-state index in [0.717, 1.165) is 4.90 Å². The van der Waals surface area contributed by atoms with Crippen LogP contribution >= 0.6 is 22.9 Å². The van der Waals surface area contributed by atoms with Gasteiger partial charge in [0.15, 0.2) is 5.78 Å². The quantitative estimate of drug-likeness (QED) is 0.515. The summed E-state index contributed by atoms with van der Waals surface area (Å²) < 4.78 is 0. The second-order valence-corrected chi connectivity index (χ2v) is 5.87. The van der Waals surface area contributed by atoms with E-state index in [0.29, 0.717) is 21.2 Å². The maximum atomic E-state index is 12.5. The van der Waals surface area contributed by atoms with Gasteiger partial charge in [0.2, 0.25) is 0 Å². The molecule has 0 saturated carbocycles. The molecule has 5 nitrogen and oxygen atoms in total. The van der Waals surface area contributed by atoms with Gasteiger partial charge in [0, 0.05) is 5.02 Å². The summed E-state index contributed by atoms with van der Waals surface area (Å²) in [5.41, 5.74) is 5.97. The van der Waals surface area contributed by atoms with Crippen molar-refractivity contribution in [1.29, 1.82) is 0 Å². The Hall–Kier alpha value is -1.41. The molecule has 2 heterocycles. The van der Waals surface area contributed by atoms with E-state index in [1.807, 2.05) is 0 Å². The van der Waals surface area contributed by atoms with Gasteiger partial charge in [-0.1, -0.05) is 17.7 Å². The van der Waals surface area contributed by atoms with Crippen molar-refractivity contribution in [3.8, 4) is 0 Å². The number of halogens is 1. The number of primary amides is 1. The Morgan fingerprint density at radius 3 is 2.64 bits per heavy atom. The van der Waals surface area contributed by atoms with Crippen molar-refractivity contribution in [2.24, 2.45) is 5.73 Å². The Labute approximate surface area is 154 Å². The third-order valence-corrected chi connectivity index (χ3v) is 4.37. The molecular formula is C14H11ClMgN2O3S. The fourth-order valence-electron chi connectivity index (χ4n) is 2.38. The Morgan fingerprint density at radius 2 is 2.05 bits per heavy atom. The SMILES string of the molecule is NC(=O)N1C(=O)C(C(=O)c2cccs2)c2cc(Cl)ccc21.[H-].[H-].[Mg+2]. The minimum Gasteiger partial charge on any atom is -1.00 e. The zero-order valence-electron chi connectivity index (χ0n) is 13.3. The molecule has 1 aromatic carbocycles. The topological polar surface area (TPSA) is 80.5 Å². The first kappa shape index (κ1) is 16.9. The predicted octanol–water partition coefficient (Wildman–Crippen LogP) is 2.64. The fraction of sp³-hybridized carbons (Fsp3) is 0.0714. The number of fused-ring (bicyclic) bond motifs is 1. The number of hydrogen-bond acceptors (Lipinski definition) is 4. The van der Waals surface area contributed by atoms with Gasteiger partial charge in [-0.15, -0.1) is 11.3 Å². The molecule has 0 saturated heterocycles. The van der Waals surface area contributed by atoms with Crippen molar-refractivity contribution < 1.29 is 17.2 Å². The zero-order valence-corrected chi connectivity index (χ0v) is 14.3. The number of hydrogen-bond donors (Lipinski definition) is 1. The minimum atomic E-state index is -1.08. The van der Waals surface area contributed by atoms with Crippen LogP contribution in [-0.4, -0.2) is 40.8 Å². The molecule has 0 fully saturated rings. The van der Waals surface area contributed by atoms with E-state index in [1.165, 1.54) is 23.5 Å². The van der Waals surface area contributed by atoms with Crippen LogP contribution in [0.25, 0.3) is 0 Å². The van der Waals surface area contributed by atoms with Gasteiger partial charge in [0.05, 0.1) is 10.6 Å². The van der Waals surface area contributed by atoms with Crippen molar-refractivity contribution in [2.75, 3.05) is 4.90 Å². The van der Waals surface area contributed by atoms with Crippen molar-refractivity contribution in [3.63, 3.8) is 0 Å². The fourth-order valence-corrected chi connectivity index (χ4v) is 3.26. The first-order valence-corrected chi connectivity index (χ1v) is 7.27. The Balaban J connectivity index is 0.00000176. The molecule has 0 bridgehead atoms. The van der Waals surface area contributed by atoms with Crippen LogP contribution in [0.3, 0.4) is 0 Å². The number of imide groups is 1. The van der Waals surface area contributed by atoms with E-state index in [1.54, 1.807) is 23.6 Å². The predicted molar refractivity (Wildman–Crippen MR) is 87.9 cm³/mol.